The van der Waals surface area contributed by atoms with Gasteiger partial charge in [-0.3, -0.25) is 14.5 Å². The maximum Gasteiger partial charge on any atom is 0.325 e. The first-order valence-corrected chi connectivity index (χ1v) is 8.85. The Kier molecular flexibility index (Phi) is 4.78. The number of para-hydroxylation sites is 1. The van der Waals surface area contributed by atoms with Crippen molar-refractivity contribution in [3.05, 3.63) is 53.0 Å². The molecule has 142 valence electrons. The molecule has 3 rings (SSSR count). The average molecular weight is 369 g/mol. The van der Waals surface area contributed by atoms with Crippen LogP contribution in [-0.4, -0.2) is 29.3 Å². The first-order valence-electron chi connectivity index (χ1n) is 8.85. The third-order valence-corrected chi connectivity index (χ3v) is 4.83. The van der Waals surface area contributed by atoms with Crippen molar-refractivity contribution >= 4 is 23.5 Å². The molecule has 1 aliphatic rings. The van der Waals surface area contributed by atoms with E-state index in [1.54, 1.807) is 32.9 Å². The van der Waals surface area contributed by atoms with E-state index in [0.29, 0.717) is 22.8 Å². The SMILES string of the molecule is CCc1ccccc1NC(=O)CN1C(=O)N[C@](C)(c2cc(C)oc2C)C1=O. The maximum absolute atomic E-state index is 12.9. The van der Waals surface area contributed by atoms with E-state index in [9.17, 15) is 14.4 Å². The molecular formula is C20H23N3O4. The summed E-state index contributed by atoms with van der Waals surface area (Å²) in [6, 6.07) is 8.57. The molecule has 27 heavy (non-hydrogen) atoms. The molecule has 1 aliphatic heterocycles. The number of benzene rings is 1. The molecule has 7 heteroatoms. The van der Waals surface area contributed by atoms with Crippen molar-refractivity contribution in [2.75, 3.05) is 11.9 Å². The first-order chi connectivity index (χ1) is 12.8. The lowest BCUT2D eigenvalue weighted by molar-refractivity contribution is -0.133. The first kappa shape index (κ1) is 18.7. The Hall–Kier alpha value is -3.09. The Balaban J connectivity index is 1.78. The van der Waals surface area contributed by atoms with Crippen LogP contribution in [0.5, 0.6) is 0 Å². The molecule has 0 aliphatic carbocycles. The van der Waals surface area contributed by atoms with Crippen molar-refractivity contribution in [3.63, 3.8) is 0 Å². The van der Waals surface area contributed by atoms with Gasteiger partial charge in [0.25, 0.3) is 5.91 Å². The third kappa shape index (κ3) is 3.32. The van der Waals surface area contributed by atoms with Crippen LogP contribution in [0, 0.1) is 13.8 Å². The second kappa shape index (κ2) is 6.90. The molecule has 7 nitrogen and oxygen atoms in total. The molecule has 0 bridgehead atoms. The zero-order valence-corrected chi connectivity index (χ0v) is 15.9. The molecule has 2 N–H and O–H groups in total. The number of urea groups is 1. The molecule has 2 aromatic rings. The molecule has 1 aromatic heterocycles. The number of imide groups is 1. The normalized spacial score (nSPS) is 19.3. The van der Waals surface area contributed by atoms with E-state index in [2.05, 4.69) is 10.6 Å². The summed E-state index contributed by atoms with van der Waals surface area (Å²) in [6.07, 6.45) is 0.761. The van der Waals surface area contributed by atoms with Crippen molar-refractivity contribution in [1.82, 2.24) is 10.2 Å². The van der Waals surface area contributed by atoms with Gasteiger partial charge in [-0.05, 0) is 44.9 Å². The van der Waals surface area contributed by atoms with Crippen LogP contribution in [0.2, 0.25) is 0 Å². The van der Waals surface area contributed by atoms with E-state index >= 15 is 0 Å². The summed E-state index contributed by atoms with van der Waals surface area (Å²) in [4.78, 5) is 38.7. The molecule has 0 saturated carbocycles. The van der Waals surface area contributed by atoms with Crippen LogP contribution < -0.4 is 10.6 Å². The number of hydrogen-bond donors (Lipinski definition) is 2. The summed E-state index contributed by atoms with van der Waals surface area (Å²) >= 11 is 0. The van der Waals surface area contributed by atoms with E-state index in [1.807, 2.05) is 25.1 Å². The number of carbonyl (C=O) groups is 3. The van der Waals surface area contributed by atoms with Crippen LogP contribution in [0.3, 0.4) is 0 Å². The smallest absolute Gasteiger partial charge is 0.325 e. The minimum absolute atomic E-state index is 0.353. The fourth-order valence-electron chi connectivity index (χ4n) is 3.43. The lowest BCUT2D eigenvalue weighted by atomic mass is 9.92. The number of nitrogens with zero attached hydrogens (tertiary/aromatic N) is 1. The van der Waals surface area contributed by atoms with Crippen LogP contribution in [0.1, 0.15) is 36.5 Å². The van der Waals surface area contributed by atoms with Crippen molar-refractivity contribution in [2.24, 2.45) is 0 Å². The number of furan rings is 1. The van der Waals surface area contributed by atoms with Crippen LogP contribution in [0.15, 0.2) is 34.7 Å². The zero-order valence-electron chi connectivity index (χ0n) is 15.9. The summed E-state index contributed by atoms with van der Waals surface area (Å²) in [6.45, 7) is 6.77. The lowest BCUT2D eigenvalue weighted by Crippen LogP contribution is -2.42. The number of anilines is 1. The Labute approximate surface area is 157 Å². The van der Waals surface area contributed by atoms with E-state index in [1.165, 1.54) is 0 Å². The van der Waals surface area contributed by atoms with Crippen LogP contribution in [0.4, 0.5) is 10.5 Å². The Bertz CT molecular complexity index is 918. The Morgan fingerprint density at radius 2 is 1.96 bits per heavy atom. The van der Waals surface area contributed by atoms with Crippen LogP contribution >= 0.6 is 0 Å². The molecule has 2 heterocycles. The van der Waals surface area contributed by atoms with E-state index < -0.39 is 23.4 Å². The molecular weight excluding hydrogens is 346 g/mol. The van der Waals surface area contributed by atoms with Gasteiger partial charge in [0.05, 0.1) is 0 Å². The predicted molar refractivity (Wildman–Crippen MR) is 100 cm³/mol. The number of amides is 4. The van der Waals surface area contributed by atoms with Crippen molar-refractivity contribution in [1.29, 1.82) is 0 Å². The summed E-state index contributed by atoms with van der Waals surface area (Å²) in [5.41, 5.74) is 1.01. The van der Waals surface area contributed by atoms with Crippen molar-refractivity contribution in [2.45, 2.75) is 39.7 Å². The molecule has 0 spiro atoms. The highest BCUT2D eigenvalue weighted by Gasteiger charge is 2.51. The Morgan fingerprint density at radius 3 is 2.59 bits per heavy atom. The molecule has 1 aromatic carbocycles. The van der Waals surface area contributed by atoms with Gasteiger partial charge >= 0.3 is 6.03 Å². The standard InChI is InChI=1S/C20H23N3O4/c1-5-14-8-6-7-9-16(14)21-17(24)11-23-18(25)20(4,22-19(23)26)15-10-12(2)27-13(15)3/h6-10H,5,11H2,1-4H3,(H,21,24)(H,22,26)/t20-/m1/s1. The van der Waals surface area contributed by atoms with Gasteiger partial charge in [-0.2, -0.15) is 0 Å². The van der Waals surface area contributed by atoms with E-state index in [4.69, 9.17) is 4.42 Å². The van der Waals surface area contributed by atoms with Gasteiger partial charge in [-0.1, -0.05) is 25.1 Å². The van der Waals surface area contributed by atoms with Crippen molar-refractivity contribution < 1.29 is 18.8 Å². The van der Waals surface area contributed by atoms with Gasteiger partial charge in [-0.25, -0.2) is 4.79 Å². The monoisotopic (exact) mass is 369 g/mol. The number of nitrogens with one attached hydrogen (secondary N) is 2. The highest BCUT2D eigenvalue weighted by Crippen LogP contribution is 2.32. The number of aryl methyl sites for hydroxylation is 3. The molecule has 1 fully saturated rings. The quantitative estimate of drug-likeness (QED) is 0.793. The minimum atomic E-state index is -1.25. The summed E-state index contributed by atoms with van der Waals surface area (Å²) in [7, 11) is 0. The van der Waals surface area contributed by atoms with Gasteiger partial charge in [-0.15, -0.1) is 0 Å². The van der Waals surface area contributed by atoms with Gasteiger partial charge in [0.2, 0.25) is 5.91 Å². The second-order valence-electron chi connectivity index (χ2n) is 6.83. The van der Waals surface area contributed by atoms with E-state index in [0.717, 1.165) is 16.9 Å². The topological polar surface area (TPSA) is 91.7 Å². The lowest BCUT2D eigenvalue weighted by Gasteiger charge is -2.21. The van der Waals surface area contributed by atoms with Crippen molar-refractivity contribution in [3.8, 4) is 0 Å². The second-order valence-corrected chi connectivity index (χ2v) is 6.83. The number of rotatable bonds is 5. The predicted octanol–water partition coefficient (Wildman–Crippen LogP) is 2.86. The number of hydrogen-bond acceptors (Lipinski definition) is 4. The summed E-state index contributed by atoms with van der Waals surface area (Å²) < 4.78 is 5.50. The molecule has 4 amide bonds. The maximum atomic E-state index is 12.9. The van der Waals surface area contributed by atoms with E-state index in [-0.39, 0.29) is 6.54 Å². The zero-order chi connectivity index (χ0) is 19.8. The number of carbonyl (C=O) groups excluding carboxylic acids is 3. The fraction of sp³-hybridized carbons (Fsp3) is 0.350. The average Bonchev–Trinajstić information content (AvgIpc) is 3.07. The highest BCUT2D eigenvalue weighted by atomic mass is 16.3. The van der Waals surface area contributed by atoms with Gasteiger partial charge < -0.3 is 15.1 Å². The Morgan fingerprint density at radius 1 is 1.26 bits per heavy atom. The molecule has 0 radical (unpaired) electrons. The highest BCUT2D eigenvalue weighted by molar-refractivity contribution is 6.10. The molecule has 1 atom stereocenters. The molecule has 1 saturated heterocycles. The fourth-order valence-corrected chi connectivity index (χ4v) is 3.43. The van der Waals surface area contributed by atoms with Gasteiger partial charge in [0.15, 0.2) is 0 Å². The van der Waals surface area contributed by atoms with Gasteiger partial charge in [0, 0.05) is 11.3 Å². The molecule has 0 unspecified atom stereocenters. The van der Waals surface area contributed by atoms with Crippen LogP contribution in [0.25, 0.3) is 0 Å². The summed E-state index contributed by atoms with van der Waals surface area (Å²) in [5, 5.41) is 5.47. The minimum Gasteiger partial charge on any atom is -0.466 e. The van der Waals surface area contributed by atoms with Gasteiger partial charge in [0.1, 0.15) is 23.6 Å². The summed E-state index contributed by atoms with van der Waals surface area (Å²) in [5.74, 6) is 0.309. The van der Waals surface area contributed by atoms with Crippen LogP contribution in [-0.2, 0) is 21.5 Å². The third-order valence-electron chi connectivity index (χ3n) is 4.83. The largest absolute Gasteiger partial charge is 0.466 e.